The number of aromatic nitrogens is 2. The van der Waals surface area contributed by atoms with Gasteiger partial charge in [0.1, 0.15) is 22.9 Å². The molecule has 0 radical (unpaired) electrons. The number of carbonyl (C=O) groups is 1. The molecule has 0 amide bonds. The van der Waals surface area contributed by atoms with Crippen LogP contribution < -0.4 is 10.1 Å². The standard InChI is InChI=1S/C29H32N4O4/c1-19-14-15-32-24(16-19)30-25(26(32)31-29(5,6)18-28(2,3)4)20-10-12-23(13-11-20)37-27(34)21-8-7-9-22(17-21)33(35)36/h7-17,31H,18H2,1-6H3. The number of ether oxygens (including phenoxy) is 1. The number of aryl methyl sites for hydroxylation is 1. The molecular weight excluding hydrogens is 468 g/mol. The van der Waals surface area contributed by atoms with E-state index in [4.69, 9.17) is 9.72 Å². The number of nitro benzene ring substituents is 1. The molecule has 0 unspecified atom stereocenters. The smallest absolute Gasteiger partial charge is 0.343 e. The lowest BCUT2D eigenvalue weighted by Crippen LogP contribution is -2.36. The predicted octanol–water partition coefficient (Wildman–Crippen LogP) is 7.06. The van der Waals surface area contributed by atoms with Gasteiger partial charge in [-0.3, -0.25) is 14.5 Å². The Bertz CT molecular complexity index is 1460. The average Bonchev–Trinajstić information content (AvgIpc) is 3.14. The molecule has 8 nitrogen and oxygen atoms in total. The van der Waals surface area contributed by atoms with Crippen LogP contribution >= 0.6 is 0 Å². The SMILES string of the molecule is Cc1ccn2c(NC(C)(C)CC(C)(C)C)c(-c3ccc(OC(=O)c4cccc([N+](=O)[O-])c4)cc3)nc2c1. The quantitative estimate of drug-likeness (QED) is 0.126. The van der Waals surface area contributed by atoms with Crippen LogP contribution in [-0.2, 0) is 0 Å². The maximum Gasteiger partial charge on any atom is 0.343 e. The summed E-state index contributed by atoms with van der Waals surface area (Å²) >= 11 is 0. The monoisotopic (exact) mass is 500 g/mol. The van der Waals surface area contributed by atoms with Gasteiger partial charge in [-0.25, -0.2) is 9.78 Å². The molecule has 37 heavy (non-hydrogen) atoms. The first-order chi connectivity index (χ1) is 17.3. The second-order valence-corrected chi connectivity index (χ2v) is 11.2. The summed E-state index contributed by atoms with van der Waals surface area (Å²) in [6, 6.07) is 16.7. The fraction of sp³-hybridized carbons (Fsp3) is 0.310. The zero-order valence-corrected chi connectivity index (χ0v) is 22.0. The molecule has 0 aliphatic carbocycles. The van der Waals surface area contributed by atoms with E-state index in [0.29, 0.717) is 5.75 Å². The third-order valence-corrected chi connectivity index (χ3v) is 5.84. The van der Waals surface area contributed by atoms with Gasteiger partial charge in [-0.15, -0.1) is 0 Å². The lowest BCUT2D eigenvalue weighted by Gasteiger charge is -2.34. The molecule has 4 aromatic rings. The first-order valence-electron chi connectivity index (χ1n) is 12.2. The van der Waals surface area contributed by atoms with Gasteiger partial charge in [0.15, 0.2) is 0 Å². The summed E-state index contributed by atoms with van der Waals surface area (Å²) in [5.41, 5.74) is 3.51. The Morgan fingerprint density at radius 1 is 1.05 bits per heavy atom. The molecule has 0 atom stereocenters. The van der Waals surface area contributed by atoms with E-state index in [1.165, 1.54) is 24.3 Å². The van der Waals surface area contributed by atoms with Crippen molar-refractivity contribution in [1.82, 2.24) is 9.38 Å². The summed E-state index contributed by atoms with van der Waals surface area (Å²) in [5.74, 6) is 0.568. The molecule has 8 heteroatoms. The van der Waals surface area contributed by atoms with Crippen molar-refractivity contribution < 1.29 is 14.5 Å². The van der Waals surface area contributed by atoms with Gasteiger partial charge in [-0.1, -0.05) is 26.8 Å². The molecule has 4 rings (SSSR count). The van der Waals surface area contributed by atoms with Crippen LogP contribution in [0.1, 0.15) is 57.0 Å². The van der Waals surface area contributed by atoms with Gasteiger partial charge in [0, 0.05) is 29.4 Å². The number of nitrogens with one attached hydrogen (secondary N) is 1. The maximum atomic E-state index is 12.5. The Labute approximate surface area is 216 Å². The molecular formula is C29H32N4O4. The lowest BCUT2D eigenvalue weighted by atomic mass is 9.82. The fourth-order valence-electron chi connectivity index (χ4n) is 4.75. The topological polar surface area (TPSA) is 98.8 Å². The highest BCUT2D eigenvalue weighted by molar-refractivity contribution is 5.91. The molecule has 0 aliphatic heterocycles. The van der Waals surface area contributed by atoms with Gasteiger partial charge in [0.2, 0.25) is 0 Å². The number of hydrogen-bond acceptors (Lipinski definition) is 6. The summed E-state index contributed by atoms with van der Waals surface area (Å²) in [5, 5.41) is 14.7. The van der Waals surface area contributed by atoms with Crippen LogP contribution in [0.3, 0.4) is 0 Å². The van der Waals surface area contributed by atoms with Gasteiger partial charge in [0.05, 0.1) is 10.5 Å². The van der Waals surface area contributed by atoms with Crippen LogP contribution in [0.2, 0.25) is 0 Å². The number of carbonyl (C=O) groups excluding carboxylic acids is 1. The summed E-state index contributed by atoms with van der Waals surface area (Å²) in [6.07, 6.45) is 2.97. The van der Waals surface area contributed by atoms with E-state index in [2.05, 4.69) is 50.4 Å². The van der Waals surface area contributed by atoms with Crippen LogP contribution in [0, 0.1) is 22.5 Å². The minimum absolute atomic E-state index is 0.113. The Balaban J connectivity index is 1.64. The van der Waals surface area contributed by atoms with Gasteiger partial charge in [0.25, 0.3) is 5.69 Å². The number of pyridine rings is 1. The van der Waals surface area contributed by atoms with Gasteiger partial charge < -0.3 is 10.1 Å². The number of nitrogens with zero attached hydrogens (tertiary/aromatic N) is 3. The molecule has 2 aromatic carbocycles. The molecule has 2 heterocycles. The van der Waals surface area contributed by atoms with E-state index in [1.54, 1.807) is 12.1 Å². The molecule has 0 bridgehead atoms. The van der Waals surface area contributed by atoms with Crippen LogP contribution in [0.5, 0.6) is 5.75 Å². The normalized spacial score (nSPS) is 11.9. The van der Waals surface area contributed by atoms with E-state index in [-0.39, 0.29) is 22.2 Å². The number of anilines is 1. The third kappa shape index (κ3) is 6.14. The second kappa shape index (κ2) is 9.69. The molecule has 0 fully saturated rings. The minimum atomic E-state index is -0.661. The van der Waals surface area contributed by atoms with Crippen LogP contribution in [0.15, 0.2) is 66.9 Å². The Morgan fingerprint density at radius 3 is 2.41 bits per heavy atom. The van der Waals surface area contributed by atoms with E-state index >= 15 is 0 Å². The number of rotatable bonds is 7. The largest absolute Gasteiger partial charge is 0.423 e. The first-order valence-corrected chi connectivity index (χ1v) is 12.2. The van der Waals surface area contributed by atoms with Crippen molar-refractivity contribution in [3.63, 3.8) is 0 Å². The van der Waals surface area contributed by atoms with Gasteiger partial charge in [-0.2, -0.15) is 0 Å². The first kappa shape index (κ1) is 25.9. The van der Waals surface area contributed by atoms with E-state index in [9.17, 15) is 14.9 Å². The highest BCUT2D eigenvalue weighted by atomic mass is 16.6. The zero-order valence-electron chi connectivity index (χ0n) is 22.0. The third-order valence-electron chi connectivity index (χ3n) is 5.84. The average molecular weight is 501 g/mol. The van der Waals surface area contributed by atoms with Crippen molar-refractivity contribution in [2.24, 2.45) is 5.41 Å². The molecule has 0 saturated carbocycles. The fourth-order valence-corrected chi connectivity index (χ4v) is 4.75. The second-order valence-electron chi connectivity index (χ2n) is 11.2. The van der Waals surface area contributed by atoms with E-state index in [1.807, 2.05) is 31.3 Å². The van der Waals surface area contributed by atoms with Crippen molar-refractivity contribution in [3.05, 3.63) is 88.1 Å². The zero-order chi connectivity index (χ0) is 27.0. The highest BCUT2D eigenvalue weighted by Crippen LogP contribution is 2.35. The molecule has 1 N–H and O–H groups in total. The van der Waals surface area contributed by atoms with Crippen molar-refractivity contribution in [3.8, 4) is 17.0 Å². The summed E-state index contributed by atoms with van der Waals surface area (Å²) in [7, 11) is 0. The highest BCUT2D eigenvalue weighted by Gasteiger charge is 2.28. The lowest BCUT2D eigenvalue weighted by molar-refractivity contribution is -0.384. The number of non-ortho nitro benzene ring substituents is 1. The van der Waals surface area contributed by atoms with Crippen molar-refractivity contribution in [2.45, 2.75) is 53.5 Å². The molecule has 192 valence electrons. The minimum Gasteiger partial charge on any atom is -0.423 e. The molecule has 0 spiro atoms. The van der Waals surface area contributed by atoms with Crippen LogP contribution in [0.25, 0.3) is 16.9 Å². The number of fused-ring (bicyclic) bond motifs is 1. The molecule has 2 aromatic heterocycles. The molecule has 0 saturated heterocycles. The number of esters is 1. The number of hydrogen-bond donors (Lipinski definition) is 1. The molecule has 0 aliphatic rings. The van der Waals surface area contributed by atoms with Crippen LogP contribution in [-0.4, -0.2) is 25.8 Å². The van der Waals surface area contributed by atoms with Crippen molar-refractivity contribution >= 4 is 23.1 Å². The van der Waals surface area contributed by atoms with Crippen LogP contribution in [0.4, 0.5) is 11.5 Å². The summed E-state index contributed by atoms with van der Waals surface area (Å²) in [4.78, 5) is 27.9. The Hall–Kier alpha value is -4.20. The number of benzene rings is 2. The maximum absolute atomic E-state index is 12.5. The number of nitro groups is 1. The van der Waals surface area contributed by atoms with E-state index in [0.717, 1.165) is 34.7 Å². The van der Waals surface area contributed by atoms with Crippen molar-refractivity contribution in [2.75, 3.05) is 5.32 Å². The van der Waals surface area contributed by atoms with E-state index < -0.39 is 10.9 Å². The Morgan fingerprint density at radius 2 is 1.76 bits per heavy atom. The number of imidazole rings is 1. The predicted molar refractivity (Wildman–Crippen MR) is 145 cm³/mol. The Kier molecular flexibility index (Phi) is 6.78. The van der Waals surface area contributed by atoms with Crippen molar-refractivity contribution in [1.29, 1.82) is 0 Å². The van der Waals surface area contributed by atoms with Gasteiger partial charge >= 0.3 is 5.97 Å². The summed E-state index contributed by atoms with van der Waals surface area (Å²) in [6.45, 7) is 13.1. The van der Waals surface area contributed by atoms with Gasteiger partial charge in [-0.05, 0) is 80.6 Å². The summed E-state index contributed by atoms with van der Waals surface area (Å²) < 4.78 is 7.52.